The summed E-state index contributed by atoms with van der Waals surface area (Å²) in [6.07, 6.45) is 47.5. The van der Waals surface area contributed by atoms with Gasteiger partial charge in [-0.25, -0.2) is 0 Å². The molecule has 4 aromatic rings. The second-order valence-corrected chi connectivity index (χ2v) is 39.1. The highest BCUT2D eigenvalue weighted by Gasteiger charge is 2.61. The number of fused-ring (bicyclic) bond motifs is 18. The minimum absolute atomic E-state index is 0.0432. The number of amidine groups is 1. The lowest BCUT2D eigenvalue weighted by Crippen LogP contribution is -2.50. The van der Waals surface area contributed by atoms with E-state index in [-0.39, 0.29) is 22.2 Å². The van der Waals surface area contributed by atoms with E-state index in [0.717, 1.165) is 96.7 Å². The van der Waals surface area contributed by atoms with E-state index in [1.807, 2.05) is 12.4 Å². The van der Waals surface area contributed by atoms with Crippen LogP contribution < -0.4 is 5.73 Å². The second kappa shape index (κ2) is 24.9. The molecule has 0 spiro atoms. The summed E-state index contributed by atoms with van der Waals surface area (Å²) < 4.78 is 19.3. The van der Waals surface area contributed by atoms with Crippen LogP contribution in [0.25, 0.3) is 27.6 Å². The SMILES string of the molecule is CC(C)(C)O[C@H]1CC[C@@]2(C)C(=CC[C@@H]3[C@@H]2CC[C@]2(C)C(c4ccc5[nH]ncc5c4)=CC[C@@H]32)C1.CC(C)(C)O[C@H]1CC[C@@]2(C)C(=CC[C@@H]3[C@@H]2CC[C@]2(C)C(c4ccc5c(c4)CN=C5)=CC[C@@H]32)C1.CC(C)(C)O[C@H]1CC[C@@]2(C)C(=CC[C@@H]3[C@@H]2CC[C@]2(C)C(c4ccc5c(c4)CN=C5N)=CC[C@@H]32)C1. The molecule has 18 rings (SSSR count). The van der Waals surface area contributed by atoms with Crippen molar-refractivity contribution < 1.29 is 14.2 Å². The van der Waals surface area contributed by atoms with E-state index in [0.29, 0.717) is 51.2 Å². The fourth-order valence-corrected chi connectivity index (χ4v) is 25.5. The van der Waals surface area contributed by atoms with Crippen LogP contribution in [0, 0.1) is 85.8 Å². The number of aliphatic imine (C=N–C) groups is 2. The van der Waals surface area contributed by atoms with Crippen LogP contribution in [-0.2, 0) is 27.3 Å². The fourth-order valence-electron chi connectivity index (χ4n) is 25.5. The van der Waals surface area contributed by atoms with Crippen LogP contribution in [0.2, 0.25) is 0 Å². The van der Waals surface area contributed by atoms with E-state index in [1.165, 1.54) is 154 Å². The van der Waals surface area contributed by atoms with Gasteiger partial charge < -0.3 is 19.9 Å². The average molecular weight is 1350 g/mol. The summed E-state index contributed by atoms with van der Waals surface area (Å²) in [4.78, 5) is 8.94. The summed E-state index contributed by atoms with van der Waals surface area (Å²) in [5, 5.41) is 8.56. The molecular formula is C92H123N5O3. The Hall–Kier alpha value is -5.41. The van der Waals surface area contributed by atoms with E-state index in [9.17, 15) is 0 Å². The molecule has 8 heteroatoms. The Morgan fingerprint density at radius 3 is 1.27 bits per heavy atom. The van der Waals surface area contributed by atoms with Gasteiger partial charge in [0, 0.05) is 17.2 Å². The molecule has 8 nitrogen and oxygen atoms in total. The molecule has 18 atom stereocenters. The lowest BCUT2D eigenvalue weighted by molar-refractivity contribution is -0.0897. The Morgan fingerprint density at radius 1 is 0.430 bits per heavy atom. The summed E-state index contributed by atoms with van der Waals surface area (Å²) in [6.45, 7) is 36.9. The van der Waals surface area contributed by atoms with E-state index >= 15 is 0 Å². The van der Waals surface area contributed by atoms with Gasteiger partial charge in [0.2, 0.25) is 0 Å². The van der Waals surface area contributed by atoms with Crippen LogP contribution in [0.4, 0.5) is 0 Å². The van der Waals surface area contributed by atoms with Gasteiger partial charge in [-0.2, -0.15) is 5.10 Å². The molecule has 12 aliphatic carbocycles. The van der Waals surface area contributed by atoms with E-state index < -0.39 is 0 Å². The zero-order valence-electron chi connectivity index (χ0n) is 64.2. The third-order valence-corrected chi connectivity index (χ3v) is 30.3. The summed E-state index contributed by atoms with van der Waals surface area (Å²) in [7, 11) is 0. The molecule has 0 saturated heterocycles. The minimum atomic E-state index is -0.0514. The summed E-state index contributed by atoms with van der Waals surface area (Å²) in [5.41, 5.74) is 28.5. The number of benzene rings is 3. The number of hydrogen-bond donors (Lipinski definition) is 2. The standard InChI is InChI=1S/C31H42N2O.C31H41NO.C30H40N2O/c1-29(2,3)34-22-12-14-30(4)21(17-22)7-9-24-26-11-10-25(31(26,5)15-13-27(24)30)19-6-8-23-20(16-19)18-33-28(23)32;1-29(2,3)33-24-12-14-30(4)23(17-24)8-9-25-27-11-10-26(31(27,5)15-13-28(25)30)20-6-7-21-18-32-19-22(21)16-20;1-28(2,3)33-22-12-14-29(4)21(17-22)7-8-23-25-10-9-24(30(25,5)15-13-26(23)29)19-6-11-27-20(16-19)18-31-32-27/h6-8,10,16,22,24,26-27H,9,11-15,17-18H2,1-5H3,(H2,32,33);6-8,10,16,18,24-25,27-28H,9,11-15,17,19H2,1-5H3;6-7,9,11,16,18,22-23,25-26H,8,10,12-15,17H2,1-5H3,(H,31,32)/t22-,24-,26-,27-,30-,31+;24-,25-,27-,28-,30-,31+;22-,23-,25-,26-,29-,30+/m000/s1. The first-order valence-electron chi connectivity index (χ1n) is 40.2. The van der Waals surface area contributed by atoms with Crippen LogP contribution in [0.15, 0.2) is 124 Å². The molecule has 0 unspecified atom stereocenters. The molecule has 6 fully saturated rings. The third kappa shape index (κ3) is 11.9. The molecule has 0 radical (unpaired) electrons. The van der Waals surface area contributed by atoms with Crippen molar-refractivity contribution in [1.82, 2.24) is 10.2 Å². The number of nitrogens with one attached hydrogen (secondary N) is 1. The van der Waals surface area contributed by atoms with E-state index in [2.05, 4.69) is 215 Å². The monoisotopic (exact) mass is 1350 g/mol. The van der Waals surface area contributed by atoms with Gasteiger partial charge in [-0.1, -0.05) is 125 Å². The minimum Gasteiger partial charge on any atom is -0.383 e. The number of nitrogens with zero attached hydrogens (tertiary/aromatic N) is 3. The third-order valence-electron chi connectivity index (χ3n) is 30.3. The first kappa shape index (κ1) is 69.0. The Labute approximate surface area is 602 Å². The molecule has 0 amide bonds. The zero-order valence-corrected chi connectivity index (χ0v) is 64.2. The van der Waals surface area contributed by atoms with Crippen molar-refractivity contribution in [3.8, 4) is 0 Å². The number of H-pyrrole nitrogens is 1. The smallest absolute Gasteiger partial charge is 0.126 e. The highest BCUT2D eigenvalue weighted by molar-refractivity contribution is 6.01. The maximum absolute atomic E-state index is 6.43. The van der Waals surface area contributed by atoms with Crippen LogP contribution in [-0.4, -0.2) is 57.4 Å². The normalized spacial score (nSPS) is 38.8. The van der Waals surface area contributed by atoms with Crippen LogP contribution in [0.3, 0.4) is 0 Å². The molecule has 3 heterocycles. The largest absolute Gasteiger partial charge is 0.383 e. The lowest BCUT2D eigenvalue weighted by atomic mass is 9.47. The molecular weight excluding hydrogens is 1220 g/mol. The highest BCUT2D eigenvalue weighted by Crippen LogP contribution is 2.70. The first-order valence-corrected chi connectivity index (χ1v) is 40.2. The van der Waals surface area contributed by atoms with Crippen molar-refractivity contribution in [3.63, 3.8) is 0 Å². The van der Waals surface area contributed by atoms with Crippen LogP contribution in [0.5, 0.6) is 0 Å². The number of rotatable bonds is 6. The molecule has 3 N–H and O–H groups in total. The topological polar surface area (TPSA) is 107 Å². The van der Waals surface area contributed by atoms with E-state index in [1.54, 1.807) is 33.4 Å². The quantitative estimate of drug-likeness (QED) is 0.187. The van der Waals surface area contributed by atoms with Gasteiger partial charge in [0.25, 0.3) is 0 Å². The van der Waals surface area contributed by atoms with Crippen molar-refractivity contribution in [1.29, 1.82) is 0 Å². The van der Waals surface area contributed by atoms with Gasteiger partial charge in [-0.3, -0.25) is 15.1 Å². The maximum Gasteiger partial charge on any atom is 0.126 e. The number of aromatic nitrogens is 2. The predicted octanol–water partition coefficient (Wildman–Crippen LogP) is 22.5. The van der Waals surface area contributed by atoms with Gasteiger partial charge in [0.1, 0.15) is 5.84 Å². The Bertz CT molecular complexity index is 4130. The van der Waals surface area contributed by atoms with Crippen molar-refractivity contribution in [2.24, 2.45) is 101 Å². The first-order chi connectivity index (χ1) is 47.4. The Kier molecular flexibility index (Phi) is 17.2. The molecule has 2 aliphatic heterocycles. The van der Waals surface area contributed by atoms with Gasteiger partial charge in [-0.05, 0) is 357 Å². The van der Waals surface area contributed by atoms with Gasteiger partial charge in [0.15, 0.2) is 0 Å². The van der Waals surface area contributed by atoms with Crippen LogP contribution in [0.1, 0.15) is 278 Å². The Balaban J connectivity index is 0.000000117. The summed E-state index contributed by atoms with van der Waals surface area (Å²) >= 11 is 0. The highest BCUT2D eigenvalue weighted by atomic mass is 16.5. The van der Waals surface area contributed by atoms with Crippen molar-refractivity contribution in [3.05, 3.63) is 153 Å². The molecule has 534 valence electrons. The number of hydrogen-bond acceptors (Lipinski definition) is 7. The zero-order chi connectivity index (χ0) is 69.9. The molecule has 6 saturated carbocycles. The summed E-state index contributed by atoms with van der Waals surface area (Å²) in [6, 6.07) is 20.8. The van der Waals surface area contributed by atoms with Gasteiger partial charge in [0.05, 0.1) is 59.9 Å². The van der Waals surface area contributed by atoms with Gasteiger partial charge in [-0.15, -0.1) is 0 Å². The summed E-state index contributed by atoms with van der Waals surface area (Å²) in [5.74, 6) is 7.94. The number of allylic oxidation sites excluding steroid dienone is 9. The number of ether oxygens (including phenoxy) is 3. The van der Waals surface area contributed by atoms with Crippen LogP contribution >= 0.6 is 0 Å². The molecule has 14 aliphatic rings. The number of aromatic amines is 1. The predicted molar refractivity (Wildman–Crippen MR) is 414 cm³/mol. The fraction of sp³-hybridized carbons (Fsp3) is 0.641. The second-order valence-electron chi connectivity index (χ2n) is 39.1. The van der Waals surface area contributed by atoms with E-state index in [4.69, 9.17) is 19.9 Å². The molecule has 3 aromatic carbocycles. The maximum atomic E-state index is 6.43. The van der Waals surface area contributed by atoms with Crippen molar-refractivity contribution in [2.45, 2.75) is 287 Å². The molecule has 1 aromatic heterocycles. The number of nitrogens with two attached hydrogens (primary N) is 1. The van der Waals surface area contributed by atoms with Gasteiger partial charge >= 0.3 is 0 Å². The molecule has 100 heavy (non-hydrogen) atoms. The Morgan fingerprint density at radius 2 is 0.830 bits per heavy atom. The van der Waals surface area contributed by atoms with Crippen molar-refractivity contribution in [2.75, 3.05) is 0 Å². The molecule has 0 bridgehead atoms. The van der Waals surface area contributed by atoms with Crippen molar-refractivity contribution >= 4 is 39.7 Å². The lowest BCUT2D eigenvalue weighted by Gasteiger charge is -2.58. The average Bonchev–Trinajstić information content (AvgIpc) is 1.37.